The number of anilines is 1. The molecule has 1 aromatic heterocycles. The Bertz CT molecular complexity index is 482. The number of aromatic nitrogens is 1. The first-order chi connectivity index (χ1) is 9.88. The van der Waals surface area contributed by atoms with Crippen molar-refractivity contribution in [3.8, 4) is 5.75 Å². The number of hydrogen-bond acceptors (Lipinski definition) is 3. The van der Waals surface area contributed by atoms with Gasteiger partial charge in [0.05, 0.1) is 6.61 Å². The number of pyridine rings is 1. The molecule has 2 rings (SSSR count). The van der Waals surface area contributed by atoms with Crippen LogP contribution in [-0.4, -0.2) is 11.6 Å². The Morgan fingerprint density at radius 3 is 2.45 bits per heavy atom. The summed E-state index contributed by atoms with van der Waals surface area (Å²) in [6.45, 7) is 3.81. The molecular weight excluding hydrogens is 248 g/mol. The first-order valence-electron chi connectivity index (χ1n) is 7.24. The highest BCUT2D eigenvalue weighted by molar-refractivity contribution is 5.46. The largest absolute Gasteiger partial charge is 0.494 e. The summed E-state index contributed by atoms with van der Waals surface area (Å²) in [5, 5.41) is 3.38. The third kappa shape index (κ3) is 4.92. The number of hydrogen-bond donors (Lipinski definition) is 1. The molecule has 3 nitrogen and oxygen atoms in total. The van der Waals surface area contributed by atoms with Gasteiger partial charge < -0.3 is 10.1 Å². The minimum atomic E-state index is 0.803. The molecule has 0 amide bonds. The fraction of sp³-hybridized carbons (Fsp3) is 0.353. The summed E-state index contributed by atoms with van der Waals surface area (Å²) in [6, 6.07) is 12.2. The summed E-state index contributed by atoms with van der Waals surface area (Å²) < 4.78 is 5.69. The molecule has 0 saturated carbocycles. The third-order valence-corrected chi connectivity index (χ3v) is 3.12. The van der Waals surface area contributed by atoms with Gasteiger partial charge in [-0.3, -0.25) is 4.98 Å². The molecule has 0 unspecified atom stereocenters. The summed E-state index contributed by atoms with van der Waals surface area (Å²) in [5.41, 5.74) is 2.32. The number of benzene rings is 1. The number of rotatable bonds is 8. The molecule has 2 aromatic rings. The fourth-order valence-corrected chi connectivity index (χ4v) is 1.92. The highest BCUT2D eigenvalue weighted by Crippen LogP contribution is 2.16. The molecule has 20 heavy (non-hydrogen) atoms. The monoisotopic (exact) mass is 270 g/mol. The van der Waals surface area contributed by atoms with E-state index in [9.17, 15) is 0 Å². The predicted molar refractivity (Wildman–Crippen MR) is 83.0 cm³/mol. The number of unbranched alkanes of at least 4 members (excludes halogenated alkanes) is 2. The first kappa shape index (κ1) is 14.4. The smallest absolute Gasteiger partial charge is 0.119 e. The maximum atomic E-state index is 5.69. The van der Waals surface area contributed by atoms with Crippen LogP contribution in [0, 0.1) is 0 Å². The number of nitrogens with one attached hydrogen (secondary N) is 1. The molecule has 3 heteroatoms. The highest BCUT2D eigenvalue weighted by Gasteiger charge is 1.96. The van der Waals surface area contributed by atoms with Gasteiger partial charge in [0.25, 0.3) is 0 Å². The first-order valence-corrected chi connectivity index (χ1v) is 7.24. The van der Waals surface area contributed by atoms with Crippen LogP contribution in [0.4, 0.5) is 5.69 Å². The lowest BCUT2D eigenvalue weighted by atomic mass is 10.2. The normalized spacial score (nSPS) is 10.2. The van der Waals surface area contributed by atoms with E-state index in [0.29, 0.717) is 0 Å². The summed E-state index contributed by atoms with van der Waals surface area (Å²) in [4.78, 5) is 4.01. The van der Waals surface area contributed by atoms with Crippen molar-refractivity contribution in [3.05, 3.63) is 54.4 Å². The van der Waals surface area contributed by atoms with E-state index in [1.54, 1.807) is 0 Å². The van der Waals surface area contributed by atoms with Gasteiger partial charge in [0.1, 0.15) is 5.75 Å². The van der Waals surface area contributed by atoms with Crippen LogP contribution in [0.1, 0.15) is 31.7 Å². The highest BCUT2D eigenvalue weighted by atomic mass is 16.5. The summed E-state index contributed by atoms with van der Waals surface area (Å²) in [7, 11) is 0. The average Bonchev–Trinajstić information content (AvgIpc) is 2.52. The second-order valence-corrected chi connectivity index (χ2v) is 4.79. The van der Waals surface area contributed by atoms with E-state index in [-0.39, 0.29) is 0 Å². The Labute approximate surface area is 121 Å². The standard InChI is InChI=1S/C17H22N2O/c1-2-3-4-13-20-17-7-5-16(6-8-17)19-14-15-9-11-18-12-10-15/h5-12,19H,2-4,13-14H2,1H3. The van der Waals surface area contributed by atoms with Crippen molar-refractivity contribution in [3.63, 3.8) is 0 Å². The Morgan fingerprint density at radius 1 is 1.00 bits per heavy atom. The van der Waals surface area contributed by atoms with Gasteiger partial charge >= 0.3 is 0 Å². The van der Waals surface area contributed by atoms with Crippen molar-refractivity contribution in [1.82, 2.24) is 4.98 Å². The molecule has 106 valence electrons. The van der Waals surface area contributed by atoms with Gasteiger partial charge in [0.2, 0.25) is 0 Å². The van der Waals surface area contributed by atoms with E-state index >= 15 is 0 Å². The number of ether oxygens (including phenoxy) is 1. The predicted octanol–water partition coefficient (Wildman–Crippen LogP) is 4.26. The molecule has 0 bridgehead atoms. The molecule has 0 atom stereocenters. The van der Waals surface area contributed by atoms with Crippen LogP contribution >= 0.6 is 0 Å². The summed E-state index contributed by atoms with van der Waals surface area (Å²) in [6.07, 6.45) is 7.19. The van der Waals surface area contributed by atoms with Crippen LogP contribution < -0.4 is 10.1 Å². The van der Waals surface area contributed by atoms with Crippen molar-refractivity contribution in [1.29, 1.82) is 0 Å². The maximum Gasteiger partial charge on any atom is 0.119 e. The third-order valence-electron chi connectivity index (χ3n) is 3.12. The van der Waals surface area contributed by atoms with Gasteiger partial charge in [-0.05, 0) is 48.4 Å². The van der Waals surface area contributed by atoms with Crippen LogP contribution in [0.3, 0.4) is 0 Å². The van der Waals surface area contributed by atoms with Crippen LogP contribution in [0.25, 0.3) is 0 Å². The van der Waals surface area contributed by atoms with Crippen molar-refractivity contribution in [2.75, 3.05) is 11.9 Å². The Hall–Kier alpha value is -2.03. The van der Waals surface area contributed by atoms with Gasteiger partial charge in [-0.25, -0.2) is 0 Å². The zero-order valence-electron chi connectivity index (χ0n) is 12.0. The second kappa shape index (κ2) is 8.20. The molecule has 0 spiro atoms. The molecular formula is C17H22N2O. The summed E-state index contributed by atoms with van der Waals surface area (Å²) >= 11 is 0. The van der Waals surface area contributed by atoms with E-state index in [0.717, 1.165) is 31.0 Å². The van der Waals surface area contributed by atoms with Crippen molar-refractivity contribution in [2.24, 2.45) is 0 Å². The van der Waals surface area contributed by atoms with Gasteiger partial charge in [-0.15, -0.1) is 0 Å². The molecule has 1 N–H and O–H groups in total. The minimum absolute atomic E-state index is 0.803. The van der Waals surface area contributed by atoms with Crippen LogP contribution in [0.15, 0.2) is 48.8 Å². The van der Waals surface area contributed by atoms with E-state index < -0.39 is 0 Å². The van der Waals surface area contributed by atoms with Gasteiger partial charge in [0, 0.05) is 24.6 Å². The fourth-order valence-electron chi connectivity index (χ4n) is 1.92. The van der Waals surface area contributed by atoms with Crippen molar-refractivity contribution < 1.29 is 4.74 Å². The lowest BCUT2D eigenvalue weighted by molar-refractivity contribution is 0.306. The molecule has 0 aliphatic rings. The molecule has 0 saturated heterocycles. The van der Waals surface area contributed by atoms with E-state index in [4.69, 9.17) is 4.74 Å². The van der Waals surface area contributed by atoms with E-state index in [1.165, 1.54) is 18.4 Å². The summed E-state index contributed by atoms with van der Waals surface area (Å²) in [5.74, 6) is 0.940. The second-order valence-electron chi connectivity index (χ2n) is 4.79. The molecule has 0 aliphatic heterocycles. The van der Waals surface area contributed by atoms with Crippen LogP contribution in [0.5, 0.6) is 5.75 Å². The molecule has 1 heterocycles. The van der Waals surface area contributed by atoms with Gasteiger partial charge in [0.15, 0.2) is 0 Å². The Balaban J connectivity index is 1.76. The Morgan fingerprint density at radius 2 is 1.75 bits per heavy atom. The number of nitrogens with zero attached hydrogens (tertiary/aromatic N) is 1. The Kier molecular flexibility index (Phi) is 5.90. The van der Waals surface area contributed by atoms with E-state index in [2.05, 4.69) is 29.4 Å². The van der Waals surface area contributed by atoms with Gasteiger partial charge in [-0.1, -0.05) is 19.8 Å². The lowest BCUT2D eigenvalue weighted by Crippen LogP contribution is -2.00. The zero-order valence-corrected chi connectivity index (χ0v) is 12.0. The van der Waals surface area contributed by atoms with Crippen molar-refractivity contribution in [2.45, 2.75) is 32.7 Å². The molecule has 1 aromatic carbocycles. The molecule has 0 radical (unpaired) electrons. The average molecular weight is 270 g/mol. The molecule has 0 aliphatic carbocycles. The minimum Gasteiger partial charge on any atom is -0.494 e. The topological polar surface area (TPSA) is 34.1 Å². The lowest BCUT2D eigenvalue weighted by Gasteiger charge is -2.09. The van der Waals surface area contributed by atoms with Crippen LogP contribution in [-0.2, 0) is 6.54 Å². The van der Waals surface area contributed by atoms with Crippen LogP contribution in [0.2, 0.25) is 0 Å². The SMILES string of the molecule is CCCCCOc1ccc(NCc2ccncc2)cc1. The van der Waals surface area contributed by atoms with Gasteiger partial charge in [-0.2, -0.15) is 0 Å². The van der Waals surface area contributed by atoms with Crippen molar-refractivity contribution >= 4 is 5.69 Å². The van der Waals surface area contributed by atoms with E-state index in [1.807, 2.05) is 36.7 Å². The maximum absolute atomic E-state index is 5.69. The zero-order chi connectivity index (χ0) is 14.0. The molecule has 0 fully saturated rings. The quantitative estimate of drug-likeness (QED) is 0.728.